The molecule has 1 fully saturated rings. The molecule has 0 bridgehead atoms. The van der Waals surface area contributed by atoms with Gasteiger partial charge in [-0.15, -0.1) is 13.2 Å². The van der Waals surface area contributed by atoms with Gasteiger partial charge in [-0.1, -0.05) is 18.7 Å². The van der Waals surface area contributed by atoms with Gasteiger partial charge in [-0.2, -0.15) is 0 Å². The zero-order valence-corrected chi connectivity index (χ0v) is 11.3. The SMILES string of the molecule is C=Cc1ccc(OC(F)(F)F)c(OC2(C)CCCC2)c1. The molecule has 0 unspecified atom stereocenters. The molecular weight excluding hydrogens is 269 g/mol. The third-order valence-corrected chi connectivity index (χ3v) is 3.45. The van der Waals surface area contributed by atoms with Crippen molar-refractivity contribution in [2.45, 2.75) is 44.6 Å². The Hall–Kier alpha value is -1.65. The molecule has 2 nitrogen and oxygen atoms in total. The predicted molar refractivity (Wildman–Crippen MR) is 70.7 cm³/mol. The van der Waals surface area contributed by atoms with Crippen LogP contribution in [0.5, 0.6) is 11.5 Å². The Morgan fingerprint density at radius 1 is 1.20 bits per heavy atom. The van der Waals surface area contributed by atoms with E-state index < -0.39 is 12.0 Å². The minimum Gasteiger partial charge on any atom is -0.484 e. The first kappa shape index (κ1) is 14.8. The first-order chi connectivity index (χ1) is 9.31. The zero-order valence-electron chi connectivity index (χ0n) is 11.3. The van der Waals surface area contributed by atoms with Crippen molar-refractivity contribution in [1.29, 1.82) is 0 Å². The largest absolute Gasteiger partial charge is 0.573 e. The second-order valence-electron chi connectivity index (χ2n) is 5.22. The Morgan fingerprint density at radius 2 is 1.85 bits per heavy atom. The smallest absolute Gasteiger partial charge is 0.484 e. The van der Waals surface area contributed by atoms with Gasteiger partial charge >= 0.3 is 6.36 Å². The average molecular weight is 286 g/mol. The molecule has 0 atom stereocenters. The van der Waals surface area contributed by atoms with E-state index >= 15 is 0 Å². The van der Waals surface area contributed by atoms with Crippen molar-refractivity contribution in [1.82, 2.24) is 0 Å². The van der Waals surface area contributed by atoms with Gasteiger partial charge in [0.2, 0.25) is 0 Å². The molecule has 1 saturated carbocycles. The highest BCUT2D eigenvalue weighted by Gasteiger charge is 2.35. The topological polar surface area (TPSA) is 18.5 Å². The number of hydrogen-bond donors (Lipinski definition) is 0. The lowest BCUT2D eigenvalue weighted by atomic mass is 10.1. The van der Waals surface area contributed by atoms with Crippen molar-refractivity contribution in [3.05, 3.63) is 30.3 Å². The van der Waals surface area contributed by atoms with Gasteiger partial charge in [0.1, 0.15) is 5.60 Å². The first-order valence-electron chi connectivity index (χ1n) is 6.53. The van der Waals surface area contributed by atoms with Crippen LogP contribution in [0.15, 0.2) is 24.8 Å². The van der Waals surface area contributed by atoms with E-state index in [2.05, 4.69) is 11.3 Å². The molecule has 1 aliphatic rings. The molecule has 110 valence electrons. The Kier molecular flexibility index (Phi) is 3.97. The van der Waals surface area contributed by atoms with Crippen LogP contribution in [-0.4, -0.2) is 12.0 Å². The van der Waals surface area contributed by atoms with E-state index in [4.69, 9.17) is 4.74 Å². The third kappa shape index (κ3) is 3.68. The maximum absolute atomic E-state index is 12.4. The summed E-state index contributed by atoms with van der Waals surface area (Å²) in [5.74, 6) is -0.194. The normalized spacial score (nSPS) is 17.8. The number of alkyl halides is 3. The van der Waals surface area contributed by atoms with Crippen LogP contribution in [0.2, 0.25) is 0 Å². The van der Waals surface area contributed by atoms with Crippen molar-refractivity contribution in [2.75, 3.05) is 0 Å². The van der Waals surface area contributed by atoms with Gasteiger partial charge < -0.3 is 9.47 Å². The zero-order chi connectivity index (χ0) is 14.8. The molecule has 20 heavy (non-hydrogen) atoms. The van der Waals surface area contributed by atoms with Gasteiger partial charge in [0.25, 0.3) is 0 Å². The van der Waals surface area contributed by atoms with Crippen molar-refractivity contribution in [3.8, 4) is 11.5 Å². The number of rotatable bonds is 4. The van der Waals surface area contributed by atoms with Gasteiger partial charge in [0, 0.05) is 0 Å². The summed E-state index contributed by atoms with van der Waals surface area (Å²) in [5.41, 5.74) is 0.264. The quantitative estimate of drug-likeness (QED) is 0.780. The summed E-state index contributed by atoms with van der Waals surface area (Å²) in [6.45, 7) is 5.52. The fourth-order valence-corrected chi connectivity index (χ4v) is 2.43. The molecule has 0 aromatic heterocycles. The van der Waals surface area contributed by atoms with Crippen LogP contribution in [0.4, 0.5) is 13.2 Å². The average Bonchev–Trinajstić information content (AvgIpc) is 2.76. The highest BCUT2D eigenvalue weighted by atomic mass is 19.4. The standard InChI is InChI=1S/C15H17F3O2/c1-3-11-6-7-12(20-15(16,17)18)13(10-11)19-14(2)8-4-5-9-14/h3,6-7,10H,1,4-5,8-9H2,2H3. The van der Waals surface area contributed by atoms with Crippen LogP contribution in [-0.2, 0) is 0 Å². The number of ether oxygens (including phenoxy) is 2. The van der Waals surface area contributed by atoms with Crippen LogP contribution in [0, 0.1) is 0 Å². The van der Waals surface area contributed by atoms with Gasteiger partial charge in [-0.3, -0.25) is 0 Å². The maximum atomic E-state index is 12.4. The maximum Gasteiger partial charge on any atom is 0.573 e. The van der Waals surface area contributed by atoms with E-state index in [0.29, 0.717) is 5.56 Å². The summed E-state index contributed by atoms with van der Waals surface area (Å²) in [6.07, 6.45) is 0.527. The number of halogens is 3. The molecule has 0 heterocycles. The van der Waals surface area contributed by atoms with Crippen LogP contribution in [0.1, 0.15) is 38.2 Å². The highest BCUT2D eigenvalue weighted by Crippen LogP contribution is 2.40. The Morgan fingerprint density at radius 3 is 2.40 bits per heavy atom. The molecule has 0 saturated heterocycles. The van der Waals surface area contributed by atoms with Gasteiger partial charge in [0.05, 0.1) is 0 Å². The number of hydrogen-bond acceptors (Lipinski definition) is 2. The summed E-state index contributed by atoms with van der Waals surface area (Å²) in [6, 6.07) is 4.30. The van der Waals surface area contributed by atoms with Crippen LogP contribution in [0.3, 0.4) is 0 Å². The first-order valence-corrected chi connectivity index (χ1v) is 6.53. The Balaban J connectivity index is 2.29. The van der Waals surface area contributed by atoms with Gasteiger partial charge in [-0.05, 0) is 50.3 Å². The lowest BCUT2D eigenvalue weighted by Gasteiger charge is -2.27. The fourth-order valence-electron chi connectivity index (χ4n) is 2.43. The second-order valence-corrected chi connectivity index (χ2v) is 5.22. The van der Waals surface area contributed by atoms with E-state index in [0.717, 1.165) is 25.7 Å². The van der Waals surface area contributed by atoms with E-state index in [-0.39, 0.29) is 11.5 Å². The van der Waals surface area contributed by atoms with E-state index in [9.17, 15) is 13.2 Å². The van der Waals surface area contributed by atoms with Crippen molar-refractivity contribution < 1.29 is 22.6 Å². The monoisotopic (exact) mass is 286 g/mol. The summed E-state index contributed by atoms with van der Waals surface area (Å²) < 4.78 is 47.1. The molecule has 0 radical (unpaired) electrons. The molecule has 0 amide bonds. The van der Waals surface area contributed by atoms with E-state index in [1.807, 2.05) is 6.92 Å². The summed E-state index contributed by atoms with van der Waals surface area (Å²) in [4.78, 5) is 0. The summed E-state index contributed by atoms with van der Waals surface area (Å²) in [7, 11) is 0. The van der Waals surface area contributed by atoms with Gasteiger partial charge in [0.15, 0.2) is 11.5 Å². The van der Waals surface area contributed by atoms with Crippen molar-refractivity contribution in [3.63, 3.8) is 0 Å². The Labute approximate surface area is 116 Å². The molecule has 2 rings (SSSR count). The minimum atomic E-state index is -4.73. The van der Waals surface area contributed by atoms with E-state index in [1.165, 1.54) is 18.2 Å². The van der Waals surface area contributed by atoms with Gasteiger partial charge in [-0.25, -0.2) is 0 Å². The number of benzene rings is 1. The van der Waals surface area contributed by atoms with E-state index in [1.54, 1.807) is 6.08 Å². The van der Waals surface area contributed by atoms with Crippen LogP contribution < -0.4 is 9.47 Å². The predicted octanol–water partition coefficient (Wildman–Crippen LogP) is 4.94. The lowest BCUT2D eigenvalue weighted by molar-refractivity contribution is -0.275. The molecule has 1 aliphatic carbocycles. The third-order valence-electron chi connectivity index (χ3n) is 3.45. The minimum absolute atomic E-state index is 0.115. The fraction of sp³-hybridized carbons (Fsp3) is 0.467. The molecule has 5 heteroatoms. The Bertz CT molecular complexity index is 488. The van der Waals surface area contributed by atoms with Crippen molar-refractivity contribution >= 4 is 6.08 Å². The molecular formula is C15H17F3O2. The van der Waals surface area contributed by atoms with Crippen LogP contribution in [0.25, 0.3) is 6.08 Å². The molecule has 1 aromatic carbocycles. The molecule has 0 aliphatic heterocycles. The van der Waals surface area contributed by atoms with Crippen LogP contribution >= 0.6 is 0 Å². The highest BCUT2D eigenvalue weighted by molar-refractivity contribution is 5.54. The van der Waals surface area contributed by atoms with Crippen molar-refractivity contribution in [2.24, 2.45) is 0 Å². The molecule has 0 N–H and O–H groups in total. The molecule has 1 aromatic rings. The summed E-state index contributed by atoms with van der Waals surface area (Å²) in [5, 5.41) is 0. The lowest BCUT2D eigenvalue weighted by Crippen LogP contribution is -2.29. The second kappa shape index (κ2) is 5.38. The summed E-state index contributed by atoms with van der Waals surface area (Å²) >= 11 is 0. The molecule has 0 spiro atoms.